The fourth-order valence-corrected chi connectivity index (χ4v) is 2.33. The highest BCUT2D eigenvalue weighted by atomic mass is 16.5. The van der Waals surface area contributed by atoms with Gasteiger partial charge < -0.3 is 24.8 Å². The number of anilines is 1. The highest BCUT2D eigenvalue weighted by Crippen LogP contribution is 2.26. The van der Waals surface area contributed by atoms with E-state index in [1.54, 1.807) is 49.6 Å². The first kappa shape index (κ1) is 21.5. The average molecular weight is 400 g/mol. The van der Waals surface area contributed by atoms with E-state index < -0.39 is 11.9 Å². The van der Waals surface area contributed by atoms with Gasteiger partial charge in [0.1, 0.15) is 12.3 Å². The van der Waals surface area contributed by atoms with Gasteiger partial charge in [0, 0.05) is 0 Å². The first-order chi connectivity index (χ1) is 14.1. The Morgan fingerprint density at radius 1 is 1.03 bits per heavy atom. The summed E-state index contributed by atoms with van der Waals surface area (Å²) >= 11 is 0. The molecular formula is C20H24N4O5. The van der Waals surface area contributed by atoms with Gasteiger partial charge in [0.15, 0.2) is 11.5 Å². The van der Waals surface area contributed by atoms with E-state index in [1.807, 2.05) is 6.92 Å². The van der Waals surface area contributed by atoms with Crippen LogP contribution in [0.3, 0.4) is 0 Å². The molecule has 0 aliphatic rings. The molecule has 29 heavy (non-hydrogen) atoms. The van der Waals surface area contributed by atoms with Gasteiger partial charge in [-0.15, -0.1) is 0 Å². The number of hydrazone groups is 1. The number of para-hydroxylation sites is 2. The van der Waals surface area contributed by atoms with Gasteiger partial charge in [-0.3, -0.25) is 4.79 Å². The van der Waals surface area contributed by atoms with E-state index in [9.17, 15) is 9.59 Å². The van der Waals surface area contributed by atoms with Gasteiger partial charge in [-0.1, -0.05) is 12.1 Å². The molecule has 0 radical (unpaired) electrons. The first-order valence-corrected chi connectivity index (χ1v) is 8.88. The number of urea groups is 1. The van der Waals surface area contributed by atoms with E-state index in [0.29, 0.717) is 35.1 Å². The molecule has 0 aliphatic carbocycles. The predicted octanol–water partition coefficient (Wildman–Crippen LogP) is 2.37. The zero-order valence-electron chi connectivity index (χ0n) is 16.5. The highest BCUT2D eigenvalue weighted by Gasteiger charge is 2.08. The summed E-state index contributed by atoms with van der Waals surface area (Å²) in [7, 11) is 3.08. The molecule has 0 heterocycles. The van der Waals surface area contributed by atoms with Crippen LogP contribution < -0.4 is 30.3 Å². The third-order valence-corrected chi connectivity index (χ3v) is 3.66. The largest absolute Gasteiger partial charge is 0.493 e. The molecule has 0 spiro atoms. The van der Waals surface area contributed by atoms with E-state index in [4.69, 9.17) is 14.2 Å². The second-order valence-corrected chi connectivity index (χ2v) is 5.64. The Hall–Kier alpha value is -3.75. The van der Waals surface area contributed by atoms with E-state index in [1.165, 1.54) is 13.3 Å². The van der Waals surface area contributed by atoms with Crippen molar-refractivity contribution in [3.05, 3.63) is 48.0 Å². The van der Waals surface area contributed by atoms with Gasteiger partial charge in [-0.05, 0) is 42.8 Å². The van der Waals surface area contributed by atoms with Crippen LogP contribution in [-0.2, 0) is 4.79 Å². The van der Waals surface area contributed by atoms with Crippen molar-refractivity contribution in [1.29, 1.82) is 0 Å². The fourth-order valence-electron chi connectivity index (χ4n) is 2.33. The van der Waals surface area contributed by atoms with Gasteiger partial charge in [-0.25, -0.2) is 10.2 Å². The molecule has 0 saturated carbocycles. The monoisotopic (exact) mass is 400 g/mol. The minimum Gasteiger partial charge on any atom is -0.493 e. The summed E-state index contributed by atoms with van der Waals surface area (Å²) in [5.74, 6) is 1.22. The number of amides is 3. The quantitative estimate of drug-likeness (QED) is 0.442. The predicted molar refractivity (Wildman–Crippen MR) is 110 cm³/mol. The van der Waals surface area contributed by atoms with Crippen LogP contribution in [0.1, 0.15) is 12.5 Å². The molecule has 2 rings (SSSR count). The number of carbonyl (C=O) groups is 2. The molecule has 0 aliphatic heterocycles. The number of nitrogens with zero attached hydrogens (tertiary/aromatic N) is 1. The summed E-state index contributed by atoms with van der Waals surface area (Å²) in [6.07, 6.45) is 1.46. The number of benzene rings is 2. The van der Waals surface area contributed by atoms with Crippen molar-refractivity contribution in [1.82, 2.24) is 10.7 Å². The minimum atomic E-state index is -0.531. The second kappa shape index (κ2) is 11.2. The molecule has 0 bridgehead atoms. The summed E-state index contributed by atoms with van der Waals surface area (Å²) in [5.41, 5.74) is 3.56. The van der Waals surface area contributed by atoms with Crippen LogP contribution in [0.25, 0.3) is 0 Å². The van der Waals surface area contributed by atoms with E-state index >= 15 is 0 Å². The van der Waals surface area contributed by atoms with Crippen LogP contribution in [0.2, 0.25) is 0 Å². The maximum absolute atomic E-state index is 12.0. The highest BCUT2D eigenvalue weighted by molar-refractivity contribution is 5.93. The number of hydrogen-bond acceptors (Lipinski definition) is 6. The lowest BCUT2D eigenvalue weighted by Crippen LogP contribution is -2.37. The van der Waals surface area contributed by atoms with Gasteiger partial charge in [0.05, 0.1) is 32.7 Å². The Labute approximate surface area is 169 Å². The van der Waals surface area contributed by atoms with Crippen molar-refractivity contribution in [2.75, 3.05) is 32.7 Å². The number of nitrogens with one attached hydrogen (secondary N) is 3. The lowest BCUT2D eigenvalue weighted by atomic mass is 10.2. The van der Waals surface area contributed by atoms with Crippen LogP contribution >= 0.6 is 0 Å². The van der Waals surface area contributed by atoms with Crippen molar-refractivity contribution in [3.63, 3.8) is 0 Å². The minimum absolute atomic E-state index is 0.244. The van der Waals surface area contributed by atoms with Gasteiger partial charge in [0.25, 0.3) is 5.91 Å². The molecule has 0 atom stereocenters. The number of carbonyl (C=O) groups excluding carboxylic acids is 2. The fraction of sp³-hybridized carbons (Fsp3) is 0.250. The van der Waals surface area contributed by atoms with Crippen molar-refractivity contribution < 1.29 is 23.8 Å². The molecule has 0 unspecified atom stereocenters. The SMILES string of the molecule is CCOc1ccccc1NC(=O)NCC(=O)N/N=C/c1ccc(OC)c(OC)c1. The van der Waals surface area contributed by atoms with E-state index in [2.05, 4.69) is 21.2 Å². The van der Waals surface area contributed by atoms with Crippen LogP contribution in [0.4, 0.5) is 10.5 Å². The van der Waals surface area contributed by atoms with Crippen molar-refractivity contribution in [2.45, 2.75) is 6.92 Å². The zero-order valence-corrected chi connectivity index (χ0v) is 16.5. The summed E-state index contributed by atoms with van der Waals surface area (Å²) in [5, 5.41) is 8.95. The van der Waals surface area contributed by atoms with Gasteiger partial charge in [-0.2, -0.15) is 5.10 Å². The Morgan fingerprint density at radius 2 is 1.79 bits per heavy atom. The topological polar surface area (TPSA) is 110 Å². The lowest BCUT2D eigenvalue weighted by molar-refractivity contribution is -0.120. The maximum atomic E-state index is 12.0. The van der Waals surface area contributed by atoms with Crippen molar-refractivity contribution in [2.24, 2.45) is 5.10 Å². The molecule has 0 saturated heterocycles. The third-order valence-electron chi connectivity index (χ3n) is 3.66. The molecule has 0 aromatic heterocycles. The lowest BCUT2D eigenvalue weighted by Gasteiger charge is -2.11. The number of ether oxygens (including phenoxy) is 3. The Morgan fingerprint density at radius 3 is 2.52 bits per heavy atom. The Balaban J connectivity index is 1.81. The normalized spacial score (nSPS) is 10.3. The van der Waals surface area contributed by atoms with E-state index in [0.717, 1.165) is 0 Å². The summed E-state index contributed by atoms with van der Waals surface area (Å²) in [6.45, 7) is 2.08. The molecule has 3 amide bonds. The summed E-state index contributed by atoms with van der Waals surface area (Å²) in [4.78, 5) is 23.8. The average Bonchev–Trinajstić information content (AvgIpc) is 2.73. The van der Waals surface area contributed by atoms with Gasteiger partial charge >= 0.3 is 6.03 Å². The number of methoxy groups -OCH3 is 2. The Bertz CT molecular complexity index is 870. The summed E-state index contributed by atoms with van der Waals surface area (Å²) in [6, 6.07) is 11.7. The number of hydrogen-bond donors (Lipinski definition) is 3. The first-order valence-electron chi connectivity index (χ1n) is 8.88. The molecule has 9 heteroatoms. The van der Waals surface area contributed by atoms with Crippen LogP contribution in [0, 0.1) is 0 Å². The van der Waals surface area contributed by atoms with Crippen molar-refractivity contribution in [3.8, 4) is 17.2 Å². The molecule has 154 valence electrons. The molecule has 9 nitrogen and oxygen atoms in total. The smallest absolute Gasteiger partial charge is 0.319 e. The third kappa shape index (κ3) is 6.73. The summed E-state index contributed by atoms with van der Waals surface area (Å²) < 4.78 is 15.8. The number of rotatable bonds is 9. The maximum Gasteiger partial charge on any atom is 0.319 e. The van der Waals surface area contributed by atoms with Crippen LogP contribution in [0.5, 0.6) is 17.2 Å². The van der Waals surface area contributed by atoms with Crippen LogP contribution in [-0.4, -0.2) is 45.5 Å². The molecule has 2 aromatic carbocycles. The molecule has 0 fully saturated rings. The van der Waals surface area contributed by atoms with E-state index in [-0.39, 0.29) is 6.54 Å². The molecule has 2 aromatic rings. The standard InChI is InChI=1S/C20H24N4O5/c1-4-29-16-8-6-5-7-15(16)23-20(26)21-13-19(25)24-22-12-14-9-10-17(27-2)18(11-14)28-3/h5-12H,4,13H2,1-3H3,(H,24,25)(H2,21,23,26)/b22-12+. The van der Waals surface area contributed by atoms with Crippen LogP contribution in [0.15, 0.2) is 47.6 Å². The second-order valence-electron chi connectivity index (χ2n) is 5.64. The zero-order chi connectivity index (χ0) is 21.1. The van der Waals surface area contributed by atoms with Gasteiger partial charge in [0.2, 0.25) is 0 Å². The molecule has 3 N–H and O–H groups in total. The van der Waals surface area contributed by atoms with Crippen molar-refractivity contribution >= 4 is 23.8 Å². The Kier molecular flexibility index (Phi) is 8.30. The molecular weight excluding hydrogens is 376 g/mol.